The molecule has 90 valence electrons. The summed E-state index contributed by atoms with van der Waals surface area (Å²) in [5.41, 5.74) is 0. The lowest BCUT2D eigenvalue weighted by atomic mass is 10.1. The predicted molar refractivity (Wildman–Crippen MR) is 65.2 cm³/mol. The van der Waals surface area contributed by atoms with E-state index in [1.54, 1.807) is 19.1 Å². The molecule has 2 aromatic carbocycles. The van der Waals surface area contributed by atoms with Crippen LogP contribution in [0.1, 0.15) is 13.3 Å². The molecule has 17 heavy (non-hydrogen) atoms. The lowest BCUT2D eigenvalue weighted by Crippen LogP contribution is -1.86. The molecular formula is C13H14O4. The van der Waals surface area contributed by atoms with E-state index in [2.05, 4.69) is 0 Å². The van der Waals surface area contributed by atoms with Gasteiger partial charge in [0.05, 0.1) is 0 Å². The number of carbonyl (C=O) groups is 1. The molecule has 2 aromatic rings. The van der Waals surface area contributed by atoms with Crippen molar-refractivity contribution in [3.63, 3.8) is 0 Å². The first-order valence-corrected chi connectivity index (χ1v) is 5.17. The summed E-state index contributed by atoms with van der Waals surface area (Å²) in [6.07, 6.45) is 0.222. The number of phenolic OH excluding ortho intramolecular Hbond substituents is 2. The Balaban J connectivity index is 0.000000249. The summed E-state index contributed by atoms with van der Waals surface area (Å²) < 4.78 is 0. The largest absolute Gasteiger partial charge is 0.504 e. The van der Waals surface area contributed by atoms with Crippen LogP contribution in [0, 0.1) is 0 Å². The molecule has 0 saturated carbocycles. The first-order valence-electron chi connectivity index (χ1n) is 5.17. The fourth-order valence-corrected chi connectivity index (χ4v) is 1.24. The Hall–Kier alpha value is -2.23. The van der Waals surface area contributed by atoms with E-state index < -0.39 is 5.97 Å². The summed E-state index contributed by atoms with van der Waals surface area (Å²) in [6, 6.07) is 10.6. The van der Waals surface area contributed by atoms with Crippen LogP contribution in [0.15, 0.2) is 36.4 Å². The SMILES string of the molecule is CCC(=O)O.Oc1ccc2ccccc2c1O. The molecule has 0 aliphatic heterocycles. The first-order chi connectivity index (χ1) is 8.06. The van der Waals surface area contributed by atoms with Crippen LogP contribution in [0.4, 0.5) is 0 Å². The smallest absolute Gasteiger partial charge is 0.303 e. The van der Waals surface area contributed by atoms with E-state index in [4.69, 9.17) is 10.2 Å². The van der Waals surface area contributed by atoms with Crippen molar-refractivity contribution in [2.24, 2.45) is 0 Å². The summed E-state index contributed by atoms with van der Waals surface area (Å²) in [6.45, 7) is 1.60. The number of carboxylic acids is 1. The van der Waals surface area contributed by atoms with Crippen molar-refractivity contribution in [1.82, 2.24) is 0 Å². The van der Waals surface area contributed by atoms with Gasteiger partial charge >= 0.3 is 5.97 Å². The summed E-state index contributed by atoms with van der Waals surface area (Å²) >= 11 is 0. The number of phenols is 2. The maximum atomic E-state index is 9.41. The molecule has 3 N–H and O–H groups in total. The molecule has 0 radical (unpaired) electrons. The molecule has 0 unspecified atom stereocenters. The minimum absolute atomic E-state index is 0.0481. The Morgan fingerprint density at radius 2 is 1.71 bits per heavy atom. The molecule has 0 aliphatic rings. The van der Waals surface area contributed by atoms with Crippen LogP contribution in [0.3, 0.4) is 0 Å². The van der Waals surface area contributed by atoms with Crippen molar-refractivity contribution < 1.29 is 20.1 Å². The number of carboxylic acid groups (broad SMARTS) is 1. The summed E-state index contributed by atoms with van der Waals surface area (Å²) in [5, 5.41) is 27.9. The number of benzene rings is 2. The quantitative estimate of drug-likeness (QED) is 0.663. The second-order valence-corrected chi connectivity index (χ2v) is 3.40. The van der Waals surface area contributed by atoms with Crippen LogP contribution in [-0.2, 0) is 4.79 Å². The predicted octanol–water partition coefficient (Wildman–Crippen LogP) is 2.73. The van der Waals surface area contributed by atoms with Crippen molar-refractivity contribution in [2.45, 2.75) is 13.3 Å². The van der Waals surface area contributed by atoms with Gasteiger partial charge in [0.15, 0.2) is 11.5 Å². The molecule has 0 saturated heterocycles. The molecule has 0 heterocycles. The Kier molecular flexibility index (Phi) is 4.34. The zero-order valence-electron chi connectivity index (χ0n) is 9.42. The third-order valence-corrected chi connectivity index (χ3v) is 2.18. The average Bonchev–Trinajstić information content (AvgIpc) is 2.35. The van der Waals surface area contributed by atoms with Crippen molar-refractivity contribution >= 4 is 16.7 Å². The van der Waals surface area contributed by atoms with Crippen LogP contribution in [0.25, 0.3) is 10.8 Å². The maximum absolute atomic E-state index is 9.41. The molecule has 0 amide bonds. The van der Waals surface area contributed by atoms with Crippen molar-refractivity contribution in [1.29, 1.82) is 0 Å². The summed E-state index contributed by atoms with van der Waals surface area (Å²) in [7, 11) is 0. The van der Waals surface area contributed by atoms with Gasteiger partial charge in [-0.05, 0) is 11.5 Å². The van der Waals surface area contributed by atoms with Gasteiger partial charge in [-0.1, -0.05) is 37.3 Å². The number of aliphatic carboxylic acids is 1. The van der Waals surface area contributed by atoms with Gasteiger partial charge in [0, 0.05) is 11.8 Å². The van der Waals surface area contributed by atoms with Crippen molar-refractivity contribution in [3.8, 4) is 11.5 Å². The van der Waals surface area contributed by atoms with E-state index >= 15 is 0 Å². The molecule has 0 atom stereocenters. The van der Waals surface area contributed by atoms with Crippen molar-refractivity contribution in [3.05, 3.63) is 36.4 Å². The monoisotopic (exact) mass is 234 g/mol. The normalized spacial score (nSPS) is 9.47. The molecule has 0 aliphatic carbocycles. The third-order valence-electron chi connectivity index (χ3n) is 2.18. The number of rotatable bonds is 1. The van der Waals surface area contributed by atoms with Gasteiger partial charge < -0.3 is 15.3 Å². The van der Waals surface area contributed by atoms with Crippen LogP contribution in [0.5, 0.6) is 11.5 Å². The molecule has 2 rings (SSSR count). The van der Waals surface area contributed by atoms with E-state index in [0.717, 1.165) is 5.39 Å². The number of aromatic hydroxyl groups is 2. The lowest BCUT2D eigenvalue weighted by molar-refractivity contribution is -0.136. The van der Waals surface area contributed by atoms with E-state index in [1.165, 1.54) is 6.07 Å². The van der Waals surface area contributed by atoms with Gasteiger partial charge in [-0.3, -0.25) is 4.79 Å². The van der Waals surface area contributed by atoms with Crippen LogP contribution in [-0.4, -0.2) is 21.3 Å². The van der Waals surface area contributed by atoms with Crippen molar-refractivity contribution in [2.75, 3.05) is 0 Å². The summed E-state index contributed by atoms with van der Waals surface area (Å²) in [5.74, 6) is -0.869. The average molecular weight is 234 g/mol. The highest BCUT2D eigenvalue weighted by Gasteiger charge is 2.02. The van der Waals surface area contributed by atoms with Gasteiger partial charge in [0.2, 0.25) is 0 Å². The Morgan fingerprint density at radius 3 is 2.29 bits per heavy atom. The molecule has 4 heteroatoms. The fraction of sp³-hybridized carbons (Fsp3) is 0.154. The Bertz CT molecular complexity index is 520. The third kappa shape index (κ3) is 3.38. The van der Waals surface area contributed by atoms with Gasteiger partial charge in [-0.25, -0.2) is 0 Å². The minimum Gasteiger partial charge on any atom is -0.504 e. The number of hydrogen-bond acceptors (Lipinski definition) is 3. The number of fused-ring (bicyclic) bond motifs is 1. The van der Waals surface area contributed by atoms with Gasteiger partial charge in [0.1, 0.15) is 0 Å². The number of hydrogen-bond donors (Lipinski definition) is 3. The highest BCUT2D eigenvalue weighted by atomic mass is 16.4. The zero-order valence-corrected chi connectivity index (χ0v) is 9.42. The highest BCUT2D eigenvalue weighted by Crippen LogP contribution is 2.32. The zero-order chi connectivity index (χ0) is 12.8. The van der Waals surface area contributed by atoms with E-state index in [9.17, 15) is 9.90 Å². The maximum Gasteiger partial charge on any atom is 0.303 e. The van der Waals surface area contributed by atoms with E-state index in [1.807, 2.05) is 18.2 Å². The van der Waals surface area contributed by atoms with Crippen LogP contribution < -0.4 is 0 Å². The topological polar surface area (TPSA) is 77.8 Å². The highest BCUT2D eigenvalue weighted by molar-refractivity contribution is 5.90. The van der Waals surface area contributed by atoms with E-state index in [0.29, 0.717) is 5.39 Å². The van der Waals surface area contributed by atoms with E-state index in [-0.39, 0.29) is 17.9 Å². The molecule has 4 nitrogen and oxygen atoms in total. The van der Waals surface area contributed by atoms with Gasteiger partial charge in [-0.2, -0.15) is 0 Å². The Morgan fingerprint density at radius 1 is 1.12 bits per heavy atom. The summed E-state index contributed by atoms with van der Waals surface area (Å²) in [4.78, 5) is 9.37. The molecular weight excluding hydrogens is 220 g/mol. The standard InChI is InChI=1S/C10H8O2.C3H6O2/c11-9-6-5-7-3-1-2-4-8(7)10(9)12;1-2-3(4)5/h1-6,11-12H;2H2,1H3,(H,4,5). The lowest BCUT2D eigenvalue weighted by Gasteiger charge is -2.01. The molecule has 0 bridgehead atoms. The second-order valence-electron chi connectivity index (χ2n) is 3.40. The first kappa shape index (κ1) is 12.8. The molecule has 0 fully saturated rings. The molecule has 0 aromatic heterocycles. The van der Waals surface area contributed by atoms with Gasteiger partial charge in [0.25, 0.3) is 0 Å². The van der Waals surface area contributed by atoms with Gasteiger partial charge in [-0.15, -0.1) is 0 Å². The minimum atomic E-state index is -0.745. The Labute approximate surface area is 98.8 Å². The van der Waals surface area contributed by atoms with Crippen LogP contribution in [0.2, 0.25) is 0 Å². The second kappa shape index (κ2) is 5.75. The molecule has 0 spiro atoms. The van der Waals surface area contributed by atoms with Crippen LogP contribution >= 0.6 is 0 Å². The fourth-order valence-electron chi connectivity index (χ4n) is 1.24.